The Morgan fingerprint density at radius 1 is 1.25 bits per heavy atom. The summed E-state index contributed by atoms with van der Waals surface area (Å²) in [6.07, 6.45) is 6.07. The number of para-hydroxylation sites is 1. The standard InChI is InChI=1S/C17H25NO2/c1-17(2)11-6-7-13(10-12-17)18-15-9-5-4-8-14(15)16(19)20-3/h4-5,8-9,13,18H,6-7,10-12H2,1-3H3. The molecule has 0 heterocycles. The van der Waals surface area contributed by atoms with Gasteiger partial charge in [-0.05, 0) is 43.2 Å². The van der Waals surface area contributed by atoms with Crippen molar-refractivity contribution in [2.75, 3.05) is 12.4 Å². The molecule has 0 saturated heterocycles. The summed E-state index contributed by atoms with van der Waals surface area (Å²) in [5.74, 6) is -0.276. The van der Waals surface area contributed by atoms with Crippen LogP contribution >= 0.6 is 0 Å². The molecule has 1 unspecified atom stereocenters. The molecule has 0 aliphatic heterocycles. The van der Waals surface area contributed by atoms with Crippen LogP contribution in [0.5, 0.6) is 0 Å². The van der Waals surface area contributed by atoms with E-state index >= 15 is 0 Å². The fourth-order valence-corrected chi connectivity index (χ4v) is 2.92. The first-order valence-electron chi connectivity index (χ1n) is 7.46. The highest BCUT2D eigenvalue weighted by Crippen LogP contribution is 2.35. The summed E-state index contributed by atoms with van der Waals surface area (Å²) < 4.78 is 4.84. The molecule has 1 aliphatic rings. The highest BCUT2D eigenvalue weighted by atomic mass is 16.5. The van der Waals surface area contributed by atoms with Gasteiger partial charge in [-0.3, -0.25) is 0 Å². The predicted molar refractivity (Wildman–Crippen MR) is 82.1 cm³/mol. The van der Waals surface area contributed by atoms with Crippen LogP contribution in [0, 0.1) is 5.41 Å². The Morgan fingerprint density at radius 3 is 2.75 bits per heavy atom. The van der Waals surface area contributed by atoms with Gasteiger partial charge in [0.1, 0.15) is 0 Å². The van der Waals surface area contributed by atoms with Crippen LogP contribution in [-0.2, 0) is 4.74 Å². The Hall–Kier alpha value is -1.51. The molecule has 1 aromatic carbocycles. The Morgan fingerprint density at radius 2 is 2.00 bits per heavy atom. The van der Waals surface area contributed by atoms with Crippen molar-refractivity contribution >= 4 is 11.7 Å². The van der Waals surface area contributed by atoms with Gasteiger partial charge in [0.15, 0.2) is 0 Å². The molecular formula is C17H25NO2. The highest BCUT2D eigenvalue weighted by molar-refractivity contribution is 5.95. The summed E-state index contributed by atoms with van der Waals surface area (Å²) in [7, 11) is 1.42. The smallest absolute Gasteiger partial charge is 0.339 e. The lowest BCUT2D eigenvalue weighted by Crippen LogP contribution is -2.21. The van der Waals surface area contributed by atoms with Crippen LogP contribution in [0.1, 0.15) is 56.3 Å². The third-order valence-corrected chi connectivity index (χ3v) is 4.27. The van der Waals surface area contributed by atoms with Crippen LogP contribution in [0.4, 0.5) is 5.69 Å². The minimum Gasteiger partial charge on any atom is -0.465 e. The van der Waals surface area contributed by atoms with E-state index < -0.39 is 0 Å². The van der Waals surface area contributed by atoms with Crippen LogP contribution in [0.2, 0.25) is 0 Å². The third-order valence-electron chi connectivity index (χ3n) is 4.27. The van der Waals surface area contributed by atoms with E-state index in [4.69, 9.17) is 4.74 Å². The van der Waals surface area contributed by atoms with E-state index in [1.807, 2.05) is 24.3 Å². The molecule has 110 valence electrons. The van der Waals surface area contributed by atoms with Crippen molar-refractivity contribution < 1.29 is 9.53 Å². The zero-order valence-corrected chi connectivity index (χ0v) is 12.7. The van der Waals surface area contributed by atoms with E-state index in [0.29, 0.717) is 17.0 Å². The number of carbonyl (C=O) groups excluding carboxylic acids is 1. The molecule has 1 saturated carbocycles. The molecule has 1 fully saturated rings. The normalized spacial score (nSPS) is 21.9. The summed E-state index contributed by atoms with van der Waals surface area (Å²) >= 11 is 0. The van der Waals surface area contributed by atoms with Crippen molar-refractivity contribution in [1.82, 2.24) is 0 Å². The van der Waals surface area contributed by atoms with Gasteiger partial charge < -0.3 is 10.1 Å². The maximum Gasteiger partial charge on any atom is 0.339 e. The number of hydrogen-bond donors (Lipinski definition) is 1. The van der Waals surface area contributed by atoms with Crippen LogP contribution < -0.4 is 5.32 Å². The van der Waals surface area contributed by atoms with Gasteiger partial charge >= 0.3 is 5.97 Å². The lowest BCUT2D eigenvalue weighted by atomic mass is 9.85. The Labute approximate surface area is 121 Å². The Kier molecular flexibility index (Phi) is 4.69. The van der Waals surface area contributed by atoms with E-state index in [1.54, 1.807) is 0 Å². The molecule has 3 nitrogen and oxygen atoms in total. The van der Waals surface area contributed by atoms with Crippen molar-refractivity contribution in [1.29, 1.82) is 0 Å². The quantitative estimate of drug-likeness (QED) is 0.662. The molecule has 0 amide bonds. The number of benzene rings is 1. The molecule has 20 heavy (non-hydrogen) atoms. The molecule has 1 aromatic rings. The van der Waals surface area contributed by atoms with Gasteiger partial charge in [-0.2, -0.15) is 0 Å². The van der Waals surface area contributed by atoms with E-state index in [1.165, 1.54) is 32.8 Å². The zero-order valence-electron chi connectivity index (χ0n) is 12.7. The Bertz CT molecular complexity index is 468. The molecule has 2 rings (SSSR count). The third kappa shape index (κ3) is 3.75. The first kappa shape index (κ1) is 14.9. The summed E-state index contributed by atoms with van der Waals surface area (Å²) in [6, 6.07) is 8.04. The minimum absolute atomic E-state index is 0.276. The summed E-state index contributed by atoms with van der Waals surface area (Å²) in [5.41, 5.74) is 1.96. The van der Waals surface area contributed by atoms with Gasteiger partial charge in [-0.15, -0.1) is 0 Å². The lowest BCUT2D eigenvalue weighted by molar-refractivity contribution is 0.0602. The molecule has 1 aliphatic carbocycles. The van der Waals surface area contributed by atoms with E-state index in [2.05, 4.69) is 19.2 Å². The number of rotatable bonds is 3. The van der Waals surface area contributed by atoms with Crippen LogP contribution in [0.3, 0.4) is 0 Å². The first-order chi connectivity index (χ1) is 9.52. The van der Waals surface area contributed by atoms with E-state index in [0.717, 1.165) is 12.1 Å². The predicted octanol–water partition coefficient (Wildman–Crippen LogP) is 4.24. The number of carbonyl (C=O) groups is 1. The second-order valence-electron chi connectivity index (χ2n) is 6.47. The van der Waals surface area contributed by atoms with Gasteiger partial charge in [0, 0.05) is 11.7 Å². The summed E-state index contributed by atoms with van der Waals surface area (Å²) in [5, 5.41) is 3.54. The topological polar surface area (TPSA) is 38.3 Å². The highest BCUT2D eigenvalue weighted by Gasteiger charge is 2.25. The monoisotopic (exact) mass is 275 g/mol. The molecule has 0 spiro atoms. The van der Waals surface area contributed by atoms with E-state index in [9.17, 15) is 4.79 Å². The number of esters is 1. The van der Waals surface area contributed by atoms with Crippen molar-refractivity contribution in [3.8, 4) is 0 Å². The lowest BCUT2D eigenvalue weighted by Gasteiger charge is -2.23. The van der Waals surface area contributed by atoms with Gasteiger partial charge in [-0.1, -0.05) is 32.4 Å². The van der Waals surface area contributed by atoms with Gasteiger partial charge in [0.25, 0.3) is 0 Å². The van der Waals surface area contributed by atoms with Crippen molar-refractivity contribution in [3.63, 3.8) is 0 Å². The zero-order chi connectivity index (χ0) is 14.6. The average molecular weight is 275 g/mol. The second kappa shape index (κ2) is 6.29. The molecule has 0 bridgehead atoms. The molecule has 3 heteroatoms. The van der Waals surface area contributed by atoms with Gasteiger partial charge in [0.2, 0.25) is 0 Å². The van der Waals surface area contributed by atoms with Crippen LogP contribution in [0.25, 0.3) is 0 Å². The minimum atomic E-state index is -0.276. The molecular weight excluding hydrogens is 250 g/mol. The summed E-state index contributed by atoms with van der Waals surface area (Å²) in [6.45, 7) is 4.69. The molecule has 0 aromatic heterocycles. The number of hydrogen-bond acceptors (Lipinski definition) is 3. The largest absolute Gasteiger partial charge is 0.465 e. The SMILES string of the molecule is COC(=O)c1ccccc1NC1CCCC(C)(C)CC1. The Balaban J connectivity index is 2.08. The fraction of sp³-hybridized carbons (Fsp3) is 0.588. The van der Waals surface area contributed by atoms with Crippen LogP contribution in [-0.4, -0.2) is 19.1 Å². The number of methoxy groups -OCH3 is 1. The molecule has 1 N–H and O–H groups in total. The molecule has 1 atom stereocenters. The molecule has 0 radical (unpaired) electrons. The van der Waals surface area contributed by atoms with E-state index in [-0.39, 0.29) is 5.97 Å². The average Bonchev–Trinajstić information content (AvgIpc) is 2.60. The first-order valence-corrected chi connectivity index (χ1v) is 7.46. The van der Waals surface area contributed by atoms with Crippen LogP contribution in [0.15, 0.2) is 24.3 Å². The van der Waals surface area contributed by atoms with Crippen molar-refractivity contribution in [3.05, 3.63) is 29.8 Å². The maximum atomic E-state index is 11.8. The number of ether oxygens (including phenoxy) is 1. The van der Waals surface area contributed by atoms with Crippen molar-refractivity contribution in [2.24, 2.45) is 5.41 Å². The number of nitrogens with one attached hydrogen (secondary N) is 1. The van der Waals surface area contributed by atoms with Gasteiger partial charge in [0.05, 0.1) is 12.7 Å². The fourth-order valence-electron chi connectivity index (χ4n) is 2.92. The van der Waals surface area contributed by atoms with Crippen molar-refractivity contribution in [2.45, 2.75) is 52.0 Å². The second-order valence-corrected chi connectivity index (χ2v) is 6.47. The maximum absolute atomic E-state index is 11.8. The summed E-state index contributed by atoms with van der Waals surface area (Å²) in [4.78, 5) is 11.8. The van der Waals surface area contributed by atoms with Gasteiger partial charge in [-0.25, -0.2) is 4.79 Å². The number of anilines is 1.